The fourth-order valence-corrected chi connectivity index (χ4v) is 5.13. The van der Waals surface area contributed by atoms with Crippen LogP contribution in [0.1, 0.15) is 42.8 Å². The molecule has 0 radical (unpaired) electrons. The summed E-state index contributed by atoms with van der Waals surface area (Å²) in [5.41, 5.74) is -0.141. The first-order valence-corrected chi connectivity index (χ1v) is 12.8. The molecule has 3 heterocycles. The van der Waals surface area contributed by atoms with Gasteiger partial charge in [-0.1, -0.05) is 30.3 Å². The van der Waals surface area contributed by atoms with E-state index in [1.165, 1.54) is 23.0 Å². The maximum absolute atomic E-state index is 13.0. The molecule has 2 amide bonds. The molecule has 0 unspecified atom stereocenters. The van der Waals surface area contributed by atoms with Crippen molar-refractivity contribution in [1.29, 1.82) is 0 Å². The van der Waals surface area contributed by atoms with E-state index < -0.39 is 16.6 Å². The Labute approximate surface area is 213 Å². The van der Waals surface area contributed by atoms with Crippen molar-refractivity contribution >= 4 is 28.3 Å². The van der Waals surface area contributed by atoms with E-state index in [1.807, 2.05) is 18.2 Å². The zero-order valence-electron chi connectivity index (χ0n) is 20.2. The van der Waals surface area contributed by atoms with Crippen molar-refractivity contribution in [2.45, 2.75) is 44.6 Å². The number of aryl methyl sites for hydroxylation is 1. The van der Waals surface area contributed by atoms with Crippen LogP contribution >= 0.6 is 11.3 Å². The van der Waals surface area contributed by atoms with Gasteiger partial charge in [0.25, 0.3) is 0 Å². The number of amides is 2. The van der Waals surface area contributed by atoms with Gasteiger partial charge >= 0.3 is 0 Å². The second-order valence-corrected chi connectivity index (χ2v) is 10.00. The van der Waals surface area contributed by atoms with E-state index >= 15 is 0 Å². The number of aromatic hydroxyl groups is 1. The molecule has 3 aromatic rings. The van der Waals surface area contributed by atoms with Crippen LogP contribution in [0.5, 0.6) is 5.75 Å². The lowest BCUT2D eigenvalue weighted by Gasteiger charge is -2.41. The minimum atomic E-state index is -0.824. The predicted molar refractivity (Wildman–Crippen MR) is 137 cm³/mol. The van der Waals surface area contributed by atoms with Gasteiger partial charge in [0.15, 0.2) is 10.9 Å². The van der Waals surface area contributed by atoms with Crippen molar-refractivity contribution in [1.82, 2.24) is 15.2 Å². The Morgan fingerprint density at radius 2 is 1.94 bits per heavy atom. The van der Waals surface area contributed by atoms with Crippen molar-refractivity contribution in [2.75, 3.05) is 25.0 Å². The molecular formula is C26H30N4O5S. The zero-order valence-corrected chi connectivity index (χ0v) is 21.0. The summed E-state index contributed by atoms with van der Waals surface area (Å²) in [7, 11) is 0. The Bertz CT molecular complexity index is 1230. The van der Waals surface area contributed by atoms with Gasteiger partial charge in [-0.05, 0) is 38.4 Å². The highest BCUT2D eigenvalue weighted by Gasteiger charge is 2.43. The Morgan fingerprint density at radius 1 is 1.19 bits per heavy atom. The molecule has 4 rings (SSSR count). The molecule has 0 saturated carbocycles. The minimum Gasteiger partial charge on any atom is -0.502 e. The molecule has 0 atom stereocenters. The van der Waals surface area contributed by atoms with Gasteiger partial charge in [-0.15, -0.1) is 11.3 Å². The van der Waals surface area contributed by atoms with Crippen LogP contribution in [0.25, 0.3) is 0 Å². The van der Waals surface area contributed by atoms with Gasteiger partial charge in [0.1, 0.15) is 5.76 Å². The van der Waals surface area contributed by atoms with Crippen molar-refractivity contribution in [3.8, 4) is 5.75 Å². The van der Waals surface area contributed by atoms with E-state index in [0.29, 0.717) is 36.8 Å². The number of likely N-dealkylation sites (tertiary alicyclic amines) is 1. The van der Waals surface area contributed by atoms with Gasteiger partial charge in [-0.25, -0.2) is 4.98 Å². The van der Waals surface area contributed by atoms with E-state index in [4.69, 9.17) is 4.42 Å². The first kappa shape index (κ1) is 25.6. The molecule has 0 spiro atoms. The molecule has 10 heteroatoms. The largest absolute Gasteiger partial charge is 0.502 e. The number of piperidine rings is 1. The quantitative estimate of drug-likeness (QED) is 0.404. The average Bonchev–Trinajstić information content (AvgIpc) is 3.36. The van der Waals surface area contributed by atoms with E-state index in [0.717, 1.165) is 6.54 Å². The lowest BCUT2D eigenvalue weighted by Crippen LogP contribution is -2.45. The van der Waals surface area contributed by atoms with Crippen molar-refractivity contribution in [2.24, 2.45) is 0 Å². The van der Waals surface area contributed by atoms with Gasteiger partial charge in [-0.2, -0.15) is 0 Å². The molecular weight excluding hydrogens is 480 g/mol. The lowest BCUT2D eigenvalue weighted by molar-refractivity contribution is -0.123. The number of nitrogens with one attached hydrogen (secondary N) is 2. The number of thiazole rings is 1. The Balaban J connectivity index is 1.43. The van der Waals surface area contributed by atoms with Crippen LogP contribution in [-0.2, 0) is 21.5 Å². The van der Waals surface area contributed by atoms with Crippen LogP contribution in [0.4, 0.5) is 5.13 Å². The summed E-state index contributed by atoms with van der Waals surface area (Å²) in [6, 6.07) is 11.4. The van der Waals surface area contributed by atoms with Crippen molar-refractivity contribution < 1.29 is 19.1 Å². The monoisotopic (exact) mass is 510 g/mol. The van der Waals surface area contributed by atoms with Crippen LogP contribution < -0.4 is 16.1 Å². The summed E-state index contributed by atoms with van der Waals surface area (Å²) >= 11 is 1.32. The number of carbonyl (C=O) groups is 2. The number of anilines is 1. The van der Waals surface area contributed by atoms with Crippen molar-refractivity contribution in [3.63, 3.8) is 0 Å². The third kappa shape index (κ3) is 6.38. The van der Waals surface area contributed by atoms with Gasteiger partial charge in [-0.3, -0.25) is 19.3 Å². The van der Waals surface area contributed by atoms with E-state index in [1.54, 1.807) is 18.5 Å². The standard InChI is InChI=1S/C26H30N4O5S/c1-18-15-20(31)23(34)24(35-18)26(8-12-30(13-9-26)17-19-5-3-2-4-6-19)16-22(33)27-10-7-21(32)29-25-28-11-14-36-25/h2-6,11,14-15,34H,7-10,12-13,16-17H2,1H3,(H,27,33)(H,28,29,32). The predicted octanol–water partition coefficient (Wildman–Crippen LogP) is 3.18. The SMILES string of the molecule is Cc1cc(=O)c(O)c(C2(CC(=O)NCCC(=O)Nc3nccs3)CCN(Cc3ccccc3)CC2)o1. The molecule has 190 valence electrons. The number of rotatable bonds is 9. The molecule has 1 aliphatic heterocycles. The summed E-state index contributed by atoms with van der Waals surface area (Å²) in [5.74, 6) is -0.386. The first-order chi connectivity index (χ1) is 17.3. The highest BCUT2D eigenvalue weighted by molar-refractivity contribution is 7.13. The zero-order chi connectivity index (χ0) is 25.5. The molecule has 1 aliphatic rings. The second kappa shape index (κ2) is 11.5. The number of hydrogen-bond acceptors (Lipinski definition) is 8. The average molecular weight is 511 g/mol. The molecule has 36 heavy (non-hydrogen) atoms. The van der Waals surface area contributed by atoms with Crippen molar-refractivity contribution in [3.05, 3.63) is 75.3 Å². The smallest absolute Gasteiger partial charge is 0.227 e. The fraction of sp³-hybridized carbons (Fsp3) is 0.385. The van der Waals surface area contributed by atoms with Crippen LogP contribution in [0.15, 0.2) is 57.2 Å². The maximum atomic E-state index is 13.0. The topological polar surface area (TPSA) is 125 Å². The maximum Gasteiger partial charge on any atom is 0.227 e. The third-order valence-electron chi connectivity index (χ3n) is 6.44. The summed E-state index contributed by atoms with van der Waals surface area (Å²) in [6.45, 7) is 3.95. The number of carbonyl (C=O) groups excluding carboxylic acids is 2. The van der Waals surface area contributed by atoms with Crippen LogP contribution in [-0.4, -0.2) is 46.4 Å². The van der Waals surface area contributed by atoms with Gasteiger partial charge in [0.05, 0.1) is 0 Å². The number of benzene rings is 1. The first-order valence-electron chi connectivity index (χ1n) is 11.9. The number of aromatic nitrogens is 1. The third-order valence-corrected chi connectivity index (χ3v) is 7.13. The number of nitrogens with zero attached hydrogens (tertiary/aromatic N) is 2. The molecule has 0 aliphatic carbocycles. The fourth-order valence-electron chi connectivity index (χ4n) is 4.58. The van der Waals surface area contributed by atoms with Crippen LogP contribution in [0.3, 0.4) is 0 Å². The molecule has 2 aromatic heterocycles. The molecule has 3 N–H and O–H groups in total. The van der Waals surface area contributed by atoms with Gasteiger partial charge in [0, 0.05) is 49.0 Å². The molecule has 9 nitrogen and oxygen atoms in total. The highest BCUT2D eigenvalue weighted by atomic mass is 32.1. The summed E-state index contributed by atoms with van der Waals surface area (Å²) in [5, 5.41) is 18.4. The van der Waals surface area contributed by atoms with E-state index in [-0.39, 0.29) is 37.0 Å². The second-order valence-electron chi connectivity index (χ2n) is 9.10. The Hall–Kier alpha value is -3.50. The van der Waals surface area contributed by atoms with E-state index in [9.17, 15) is 19.5 Å². The Kier molecular flexibility index (Phi) is 8.17. The minimum absolute atomic E-state index is 0.0419. The Morgan fingerprint density at radius 3 is 2.64 bits per heavy atom. The normalized spacial score (nSPS) is 15.4. The summed E-state index contributed by atoms with van der Waals surface area (Å²) in [4.78, 5) is 43.7. The molecule has 1 saturated heterocycles. The summed E-state index contributed by atoms with van der Waals surface area (Å²) in [6.07, 6.45) is 2.83. The van der Waals surface area contributed by atoms with Crippen LogP contribution in [0.2, 0.25) is 0 Å². The number of hydrogen-bond donors (Lipinski definition) is 3. The highest BCUT2D eigenvalue weighted by Crippen LogP contribution is 2.42. The van der Waals surface area contributed by atoms with E-state index in [2.05, 4.69) is 32.7 Å². The summed E-state index contributed by atoms with van der Waals surface area (Å²) < 4.78 is 5.87. The van der Waals surface area contributed by atoms with Gasteiger partial charge in [0.2, 0.25) is 23.0 Å². The molecule has 1 fully saturated rings. The molecule has 0 bridgehead atoms. The van der Waals surface area contributed by atoms with Crippen LogP contribution in [0, 0.1) is 6.92 Å². The van der Waals surface area contributed by atoms with Gasteiger partial charge < -0.3 is 20.2 Å². The molecule has 1 aromatic carbocycles. The lowest BCUT2D eigenvalue weighted by atomic mass is 9.72.